The highest BCUT2D eigenvalue weighted by Gasteiger charge is 2.18. The summed E-state index contributed by atoms with van der Waals surface area (Å²) in [6.45, 7) is 2.16. The highest BCUT2D eigenvalue weighted by Crippen LogP contribution is 2.36. The summed E-state index contributed by atoms with van der Waals surface area (Å²) in [4.78, 5) is 4.34. The highest BCUT2D eigenvalue weighted by atomic mass is 16.3. The van der Waals surface area contributed by atoms with Gasteiger partial charge in [-0.15, -0.1) is 0 Å². The van der Waals surface area contributed by atoms with Gasteiger partial charge in [0.05, 0.1) is 5.56 Å². The van der Waals surface area contributed by atoms with E-state index in [0.29, 0.717) is 5.71 Å². The van der Waals surface area contributed by atoms with E-state index >= 15 is 0 Å². The average molecular weight is 351 g/mol. The van der Waals surface area contributed by atoms with E-state index < -0.39 is 0 Å². The van der Waals surface area contributed by atoms with Crippen LogP contribution in [-0.4, -0.2) is 4.98 Å². The quantitative estimate of drug-likeness (QED) is 0.396. The summed E-state index contributed by atoms with van der Waals surface area (Å²) in [6, 6.07) is 23.2. The first-order valence-corrected chi connectivity index (χ1v) is 9.05. The van der Waals surface area contributed by atoms with Gasteiger partial charge in [0, 0.05) is 29.1 Å². The van der Waals surface area contributed by atoms with Crippen molar-refractivity contribution in [2.75, 3.05) is 0 Å². The van der Waals surface area contributed by atoms with Crippen molar-refractivity contribution in [3.63, 3.8) is 0 Å². The van der Waals surface area contributed by atoms with Gasteiger partial charge in [-0.2, -0.15) is 0 Å². The van der Waals surface area contributed by atoms with Crippen molar-refractivity contribution in [2.24, 2.45) is 7.05 Å². The number of nitrogens with zero attached hydrogens (tertiary/aromatic N) is 2. The second kappa shape index (κ2) is 6.06. The Bertz CT molecular complexity index is 1300. The Kier molecular flexibility index (Phi) is 3.54. The van der Waals surface area contributed by atoms with Crippen LogP contribution in [0.3, 0.4) is 0 Å². The fourth-order valence-corrected chi connectivity index (χ4v) is 3.81. The number of aromatic nitrogens is 2. The highest BCUT2D eigenvalue weighted by molar-refractivity contribution is 6.05. The van der Waals surface area contributed by atoms with Crippen LogP contribution in [0.1, 0.15) is 5.56 Å². The van der Waals surface area contributed by atoms with Crippen LogP contribution in [0.2, 0.25) is 0 Å². The minimum absolute atomic E-state index is 0.684. The predicted octanol–water partition coefficient (Wildman–Crippen LogP) is 5.45. The zero-order valence-corrected chi connectivity index (χ0v) is 15.3. The molecule has 27 heavy (non-hydrogen) atoms. The number of rotatable bonds is 2. The zero-order chi connectivity index (χ0) is 18.4. The number of furan rings is 1. The molecule has 0 radical (unpaired) electrons. The van der Waals surface area contributed by atoms with E-state index in [-0.39, 0.29) is 0 Å². The van der Waals surface area contributed by atoms with Crippen LogP contribution in [0.25, 0.3) is 44.5 Å². The molecule has 5 aromatic rings. The SMILES string of the molecule is Cc1cccc(-c2ccc3c(c2)oc2ncccc23)c1-c1cccc[n+]1C. The number of benzene rings is 2. The fraction of sp³-hybridized carbons (Fsp3) is 0.0833. The maximum Gasteiger partial charge on any atom is 0.227 e. The first kappa shape index (κ1) is 15.8. The molecule has 3 heterocycles. The van der Waals surface area contributed by atoms with Crippen molar-refractivity contribution in [1.82, 2.24) is 4.98 Å². The maximum atomic E-state index is 6.00. The van der Waals surface area contributed by atoms with Gasteiger partial charge in [-0.25, -0.2) is 9.55 Å². The molecule has 3 heteroatoms. The van der Waals surface area contributed by atoms with Crippen LogP contribution in [-0.2, 0) is 7.05 Å². The van der Waals surface area contributed by atoms with Crippen molar-refractivity contribution < 1.29 is 8.98 Å². The van der Waals surface area contributed by atoms with Gasteiger partial charge in [0.2, 0.25) is 11.4 Å². The Morgan fingerprint density at radius 1 is 0.889 bits per heavy atom. The predicted molar refractivity (Wildman–Crippen MR) is 108 cm³/mol. The number of aryl methyl sites for hydroxylation is 2. The Balaban J connectivity index is 1.77. The summed E-state index contributed by atoms with van der Waals surface area (Å²) in [5.74, 6) is 0. The molecule has 2 aromatic carbocycles. The van der Waals surface area contributed by atoms with Crippen molar-refractivity contribution in [2.45, 2.75) is 6.92 Å². The van der Waals surface area contributed by atoms with E-state index in [2.05, 4.69) is 90.4 Å². The molecule has 5 rings (SSSR count). The van der Waals surface area contributed by atoms with Crippen LogP contribution >= 0.6 is 0 Å². The molecule has 0 aliphatic heterocycles. The van der Waals surface area contributed by atoms with Crippen LogP contribution in [0.15, 0.2) is 83.5 Å². The van der Waals surface area contributed by atoms with Gasteiger partial charge < -0.3 is 4.42 Å². The average Bonchev–Trinajstić information content (AvgIpc) is 3.06. The van der Waals surface area contributed by atoms with Crippen molar-refractivity contribution >= 4 is 22.1 Å². The molecule has 0 spiro atoms. The topological polar surface area (TPSA) is 29.9 Å². The third-order valence-electron chi connectivity index (χ3n) is 5.14. The smallest absolute Gasteiger partial charge is 0.227 e. The molecule has 0 unspecified atom stereocenters. The number of hydrogen-bond donors (Lipinski definition) is 0. The molecule has 0 saturated carbocycles. The molecule has 0 amide bonds. The van der Waals surface area contributed by atoms with E-state index in [0.717, 1.165) is 21.9 Å². The second-order valence-corrected chi connectivity index (χ2v) is 6.86. The maximum absolute atomic E-state index is 6.00. The zero-order valence-electron chi connectivity index (χ0n) is 15.3. The molecule has 3 aromatic heterocycles. The molecule has 0 saturated heterocycles. The van der Waals surface area contributed by atoms with Gasteiger partial charge in [0.15, 0.2) is 6.20 Å². The molecular formula is C24H19N2O+. The number of hydrogen-bond acceptors (Lipinski definition) is 2. The number of fused-ring (bicyclic) bond motifs is 3. The van der Waals surface area contributed by atoms with Crippen LogP contribution in [0, 0.1) is 6.92 Å². The third kappa shape index (κ3) is 2.51. The molecule has 0 fully saturated rings. The molecule has 0 bridgehead atoms. The van der Waals surface area contributed by atoms with E-state index in [1.165, 1.54) is 22.4 Å². The lowest BCUT2D eigenvalue weighted by Gasteiger charge is -2.11. The lowest BCUT2D eigenvalue weighted by molar-refractivity contribution is -0.660. The van der Waals surface area contributed by atoms with E-state index in [4.69, 9.17) is 4.42 Å². The third-order valence-corrected chi connectivity index (χ3v) is 5.14. The first-order valence-electron chi connectivity index (χ1n) is 9.05. The van der Waals surface area contributed by atoms with Gasteiger partial charge in [0.25, 0.3) is 0 Å². The summed E-state index contributed by atoms with van der Waals surface area (Å²) in [6.07, 6.45) is 3.85. The Morgan fingerprint density at radius 3 is 2.70 bits per heavy atom. The summed E-state index contributed by atoms with van der Waals surface area (Å²) in [5.41, 5.74) is 7.58. The fourth-order valence-electron chi connectivity index (χ4n) is 3.81. The minimum Gasteiger partial charge on any atom is -0.438 e. The van der Waals surface area contributed by atoms with E-state index in [1.807, 2.05) is 6.07 Å². The number of pyridine rings is 2. The van der Waals surface area contributed by atoms with E-state index in [1.54, 1.807) is 6.20 Å². The Labute approximate surface area is 157 Å². The molecular weight excluding hydrogens is 332 g/mol. The summed E-state index contributed by atoms with van der Waals surface area (Å²) in [7, 11) is 2.08. The molecule has 130 valence electrons. The minimum atomic E-state index is 0.684. The van der Waals surface area contributed by atoms with Crippen molar-refractivity contribution in [3.8, 4) is 22.4 Å². The lowest BCUT2D eigenvalue weighted by atomic mass is 9.93. The van der Waals surface area contributed by atoms with Crippen LogP contribution in [0.5, 0.6) is 0 Å². The van der Waals surface area contributed by atoms with Crippen molar-refractivity contribution in [3.05, 3.63) is 84.7 Å². The summed E-state index contributed by atoms with van der Waals surface area (Å²) in [5, 5.41) is 2.15. The van der Waals surface area contributed by atoms with Gasteiger partial charge in [-0.05, 0) is 53.9 Å². The molecule has 0 aliphatic carbocycles. The molecule has 0 N–H and O–H groups in total. The normalized spacial score (nSPS) is 11.3. The van der Waals surface area contributed by atoms with Crippen molar-refractivity contribution in [1.29, 1.82) is 0 Å². The monoisotopic (exact) mass is 351 g/mol. The van der Waals surface area contributed by atoms with Gasteiger partial charge in [-0.3, -0.25) is 0 Å². The lowest BCUT2D eigenvalue weighted by Crippen LogP contribution is -2.30. The largest absolute Gasteiger partial charge is 0.438 e. The van der Waals surface area contributed by atoms with Gasteiger partial charge in [0.1, 0.15) is 12.6 Å². The molecule has 3 nitrogen and oxygen atoms in total. The Morgan fingerprint density at radius 2 is 1.81 bits per heavy atom. The van der Waals surface area contributed by atoms with E-state index in [9.17, 15) is 0 Å². The van der Waals surface area contributed by atoms with Gasteiger partial charge in [-0.1, -0.05) is 24.3 Å². The van der Waals surface area contributed by atoms with Gasteiger partial charge >= 0.3 is 0 Å². The molecule has 0 aliphatic rings. The summed E-state index contributed by atoms with van der Waals surface area (Å²) >= 11 is 0. The first-order chi connectivity index (χ1) is 13.2. The molecule has 0 atom stereocenters. The van der Waals surface area contributed by atoms with Crippen LogP contribution in [0.4, 0.5) is 0 Å². The second-order valence-electron chi connectivity index (χ2n) is 6.86. The standard InChI is InChI=1S/C24H19N2O/c1-16-7-5-8-18(23(16)21-10-3-4-14-26(21)2)17-11-12-19-20-9-6-13-25-24(20)27-22(19)15-17/h3-15H,1-2H3/q+1. The Hall–Kier alpha value is -3.46. The summed E-state index contributed by atoms with van der Waals surface area (Å²) < 4.78 is 8.16. The van der Waals surface area contributed by atoms with Crippen LogP contribution < -0.4 is 4.57 Å².